The van der Waals surface area contributed by atoms with Crippen molar-refractivity contribution >= 4 is 11.8 Å². The van der Waals surface area contributed by atoms with E-state index in [1.54, 1.807) is 24.3 Å². The van der Waals surface area contributed by atoms with Crippen LogP contribution in [0.5, 0.6) is 0 Å². The van der Waals surface area contributed by atoms with Crippen LogP contribution in [0.1, 0.15) is 10.4 Å². The molecule has 2 amide bonds. The molecule has 0 saturated carbocycles. The van der Waals surface area contributed by atoms with Crippen LogP contribution in [0.2, 0.25) is 0 Å². The van der Waals surface area contributed by atoms with Crippen LogP contribution in [0.25, 0.3) is 0 Å². The second-order valence-corrected chi connectivity index (χ2v) is 2.64. The van der Waals surface area contributed by atoms with Crippen LogP contribution in [0.3, 0.4) is 0 Å². The first-order valence-corrected chi connectivity index (χ1v) is 4.06. The van der Waals surface area contributed by atoms with Crippen molar-refractivity contribution in [3.8, 4) is 0 Å². The average molecular weight is 193 g/mol. The Balaban J connectivity index is 2.40. The molecule has 0 fully saturated rings. The molecule has 0 aliphatic heterocycles. The minimum atomic E-state index is -0.529. The summed E-state index contributed by atoms with van der Waals surface area (Å²) in [4.78, 5) is 21.6. The number of hydrogen-bond acceptors (Lipinski definition) is 3. The fraction of sp³-hybridized carbons (Fsp3) is 0.111. The summed E-state index contributed by atoms with van der Waals surface area (Å²) in [5.74, 6) is -0.829. The van der Waals surface area contributed by atoms with Crippen molar-refractivity contribution in [2.24, 2.45) is 5.73 Å². The Kier molecular flexibility index (Phi) is 3.63. The summed E-state index contributed by atoms with van der Waals surface area (Å²) in [6.45, 7) is -0.0847. The van der Waals surface area contributed by atoms with Gasteiger partial charge in [0.25, 0.3) is 5.91 Å². The Bertz CT molecular complexity index is 324. The number of rotatable bonds is 4. The van der Waals surface area contributed by atoms with Crippen molar-refractivity contribution in [3.63, 3.8) is 0 Å². The van der Waals surface area contributed by atoms with E-state index >= 15 is 0 Å². The van der Waals surface area contributed by atoms with Gasteiger partial charge in [-0.2, -0.15) is 0 Å². The number of nitrogens with two attached hydrogens (primary N) is 1. The molecule has 1 rings (SSSR count). The van der Waals surface area contributed by atoms with Gasteiger partial charge in [-0.25, -0.2) is 5.43 Å². The Morgan fingerprint density at radius 1 is 1.21 bits per heavy atom. The summed E-state index contributed by atoms with van der Waals surface area (Å²) in [6, 6.07) is 8.65. The van der Waals surface area contributed by atoms with Crippen LogP contribution < -0.4 is 16.6 Å². The van der Waals surface area contributed by atoms with Gasteiger partial charge < -0.3 is 5.73 Å². The van der Waals surface area contributed by atoms with E-state index in [9.17, 15) is 9.59 Å². The van der Waals surface area contributed by atoms with Gasteiger partial charge in [0.05, 0.1) is 6.54 Å². The van der Waals surface area contributed by atoms with Gasteiger partial charge in [0.15, 0.2) is 0 Å². The van der Waals surface area contributed by atoms with Crippen LogP contribution in [0.4, 0.5) is 0 Å². The lowest BCUT2D eigenvalue weighted by Crippen LogP contribution is -2.42. The molecule has 0 spiro atoms. The van der Waals surface area contributed by atoms with Crippen LogP contribution >= 0.6 is 0 Å². The molecule has 5 heteroatoms. The first-order chi connectivity index (χ1) is 6.70. The van der Waals surface area contributed by atoms with Crippen molar-refractivity contribution in [3.05, 3.63) is 35.9 Å². The van der Waals surface area contributed by atoms with Crippen molar-refractivity contribution in [1.29, 1.82) is 0 Å². The molecule has 74 valence electrons. The maximum Gasteiger partial charge on any atom is 0.265 e. The molecule has 1 aromatic rings. The van der Waals surface area contributed by atoms with E-state index < -0.39 is 5.91 Å². The van der Waals surface area contributed by atoms with Gasteiger partial charge in [0.2, 0.25) is 5.91 Å². The van der Waals surface area contributed by atoms with E-state index in [0.29, 0.717) is 5.56 Å². The molecule has 0 aliphatic carbocycles. The number of hydrogen-bond donors (Lipinski definition) is 3. The number of amides is 2. The molecule has 0 radical (unpaired) electrons. The van der Waals surface area contributed by atoms with E-state index in [-0.39, 0.29) is 12.5 Å². The quantitative estimate of drug-likeness (QED) is 0.558. The van der Waals surface area contributed by atoms with Gasteiger partial charge in [-0.15, -0.1) is 0 Å². The number of benzene rings is 1. The normalized spacial score (nSPS) is 9.43. The standard InChI is InChI=1S/C9H11N3O2/c10-8(13)6-11-12-9(14)7-4-2-1-3-5-7/h1-5,11H,6H2,(H2,10,13)(H,12,14). The Labute approximate surface area is 81.3 Å². The molecule has 0 aliphatic rings. The zero-order valence-electron chi connectivity index (χ0n) is 7.49. The highest BCUT2D eigenvalue weighted by atomic mass is 16.2. The third-order valence-corrected chi connectivity index (χ3v) is 1.50. The Morgan fingerprint density at radius 3 is 2.43 bits per heavy atom. The topological polar surface area (TPSA) is 84.2 Å². The molecular weight excluding hydrogens is 182 g/mol. The largest absolute Gasteiger partial charge is 0.369 e. The van der Waals surface area contributed by atoms with Gasteiger partial charge in [0.1, 0.15) is 0 Å². The lowest BCUT2D eigenvalue weighted by molar-refractivity contribution is -0.117. The van der Waals surface area contributed by atoms with Crippen LogP contribution in [0, 0.1) is 0 Å². The van der Waals surface area contributed by atoms with Crippen LogP contribution in [-0.4, -0.2) is 18.4 Å². The summed E-state index contributed by atoms with van der Waals surface area (Å²) in [5.41, 5.74) is 10.1. The minimum Gasteiger partial charge on any atom is -0.369 e. The average Bonchev–Trinajstić information content (AvgIpc) is 2.18. The second kappa shape index (κ2) is 4.98. The highest BCUT2D eigenvalue weighted by molar-refractivity contribution is 5.93. The molecule has 14 heavy (non-hydrogen) atoms. The van der Waals surface area contributed by atoms with E-state index in [0.717, 1.165) is 0 Å². The number of primary amides is 1. The fourth-order valence-corrected chi connectivity index (χ4v) is 0.873. The number of carbonyl (C=O) groups is 2. The first kappa shape index (κ1) is 10.2. The van der Waals surface area contributed by atoms with Crippen LogP contribution in [0.15, 0.2) is 30.3 Å². The lowest BCUT2D eigenvalue weighted by atomic mass is 10.2. The molecule has 0 unspecified atom stereocenters. The smallest absolute Gasteiger partial charge is 0.265 e. The monoisotopic (exact) mass is 193 g/mol. The summed E-state index contributed by atoms with van der Waals surface area (Å²) in [7, 11) is 0. The summed E-state index contributed by atoms with van der Waals surface area (Å²) < 4.78 is 0. The van der Waals surface area contributed by atoms with Gasteiger partial charge in [-0.1, -0.05) is 18.2 Å². The molecule has 4 N–H and O–H groups in total. The van der Waals surface area contributed by atoms with Gasteiger partial charge in [0, 0.05) is 5.56 Å². The molecular formula is C9H11N3O2. The maximum absolute atomic E-state index is 11.3. The fourth-order valence-electron chi connectivity index (χ4n) is 0.873. The minimum absolute atomic E-state index is 0.0847. The van der Waals surface area contributed by atoms with Crippen molar-refractivity contribution in [2.75, 3.05) is 6.54 Å². The first-order valence-electron chi connectivity index (χ1n) is 4.06. The van der Waals surface area contributed by atoms with Gasteiger partial charge >= 0.3 is 0 Å². The third kappa shape index (κ3) is 3.24. The predicted molar refractivity (Wildman–Crippen MR) is 51.1 cm³/mol. The molecule has 0 saturated heterocycles. The highest BCUT2D eigenvalue weighted by Gasteiger charge is 2.02. The zero-order valence-corrected chi connectivity index (χ0v) is 7.49. The Hall–Kier alpha value is -1.88. The van der Waals surface area contributed by atoms with Crippen molar-refractivity contribution in [2.45, 2.75) is 0 Å². The van der Waals surface area contributed by atoms with E-state index in [2.05, 4.69) is 10.9 Å². The zero-order chi connectivity index (χ0) is 10.4. The van der Waals surface area contributed by atoms with Gasteiger partial charge in [-0.05, 0) is 12.1 Å². The SMILES string of the molecule is NC(=O)CNNC(=O)c1ccccc1. The van der Waals surface area contributed by atoms with Crippen molar-refractivity contribution in [1.82, 2.24) is 10.9 Å². The summed E-state index contributed by atoms with van der Waals surface area (Å²) >= 11 is 0. The molecule has 5 nitrogen and oxygen atoms in total. The van der Waals surface area contributed by atoms with E-state index in [1.165, 1.54) is 0 Å². The molecule has 0 heterocycles. The predicted octanol–water partition coefficient (Wildman–Crippen LogP) is -0.594. The third-order valence-electron chi connectivity index (χ3n) is 1.50. The highest BCUT2D eigenvalue weighted by Crippen LogP contribution is 1.96. The van der Waals surface area contributed by atoms with Crippen molar-refractivity contribution < 1.29 is 9.59 Å². The summed E-state index contributed by atoms with van der Waals surface area (Å²) in [6.07, 6.45) is 0. The lowest BCUT2D eigenvalue weighted by Gasteiger charge is -2.04. The number of nitrogens with one attached hydrogen (secondary N) is 2. The van der Waals surface area contributed by atoms with Gasteiger partial charge in [-0.3, -0.25) is 15.0 Å². The number of hydrazine groups is 1. The summed E-state index contributed by atoms with van der Waals surface area (Å²) in [5, 5.41) is 0. The molecule has 1 aromatic carbocycles. The van der Waals surface area contributed by atoms with Crippen LogP contribution in [-0.2, 0) is 4.79 Å². The molecule has 0 aromatic heterocycles. The molecule has 0 atom stereocenters. The maximum atomic E-state index is 11.3. The van der Waals surface area contributed by atoms with E-state index in [1.807, 2.05) is 6.07 Å². The second-order valence-electron chi connectivity index (χ2n) is 2.64. The molecule has 0 bridgehead atoms. The Morgan fingerprint density at radius 2 is 1.86 bits per heavy atom. The number of carbonyl (C=O) groups excluding carboxylic acids is 2. The van der Waals surface area contributed by atoms with E-state index in [4.69, 9.17) is 5.73 Å².